The highest BCUT2D eigenvalue weighted by Crippen LogP contribution is 2.36. The molecule has 0 saturated carbocycles. The van der Waals surface area contributed by atoms with Gasteiger partial charge < -0.3 is 14.2 Å². The molecule has 9 nitrogen and oxygen atoms in total. The van der Waals surface area contributed by atoms with Gasteiger partial charge in [-0.3, -0.25) is 14.9 Å². The van der Waals surface area contributed by atoms with Gasteiger partial charge in [0.2, 0.25) is 5.13 Å². The summed E-state index contributed by atoms with van der Waals surface area (Å²) in [6, 6.07) is 20.3. The largest absolute Gasteiger partial charge is 0.493 e. The Kier molecular flexibility index (Phi) is 6.80. The lowest BCUT2D eigenvalue weighted by molar-refractivity contribution is 0.0601. The zero-order chi connectivity index (χ0) is 26.8. The van der Waals surface area contributed by atoms with Crippen molar-refractivity contribution in [2.45, 2.75) is 6.92 Å². The zero-order valence-electron chi connectivity index (χ0n) is 21.1. The first kappa shape index (κ1) is 25.0. The number of esters is 1. The van der Waals surface area contributed by atoms with Crippen LogP contribution in [0.5, 0.6) is 11.5 Å². The third-order valence-electron chi connectivity index (χ3n) is 5.98. The fraction of sp³-hybridized carbons (Fsp3) is 0.143. The molecule has 3 aromatic carbocycles. The average molecular weight is 529 g/mol. The van der Waals surface area contributed by atoms with Crippen LogP contribution < -0.4 is 15.0 Å². The number of nitrogens with one attached hydrogen (secondary N) is 1. The molecule has 1 N–H and O–H groups in total. The molecule has 10 heteroatoms. The number of aromatic amines is 1. The summed E-state index contributed by atoms with van der Waals surface area (Å²) in [4.78, 5) is 35.8. The number of carbonyl (C=O) groups excluding carboxylic acids is 1. The van der Waals surface area contributed by atoms with Gasteiger partial charge in [0.05, 0.1) is 59.8 Å². The van der Waals surface area contributed by atoms with Crippen molar-refractivity contribution in [2.24, 2.45) is 4.99 Å². The van der Waals surface area contributed by atoms with Crippen LogP contribution in [0.25, 0.3) is 26.6 Å². The van der Waals surface area contributed by atoms with Crippen LogP contribution in [0.4, 0.5) is 5.69 Å². The van der Waals surface area contributed by atoms with Gasteiger partial charge in [0.1, 0.15) is 0 Å². The van der Waals surface area contributed by atoms with Gasteiger partial charge in [0.25, 0.3) is 5.56 Å². The van der Waals surface area contributed by atoms with E-state index >= 15 is 0 Å². The van der Waals surface area contributed by atoms with Crippen LogP contribution in [-0.2, 0) is 4.74 Å². The minimum absolute atomic E-state index is 0.174. The number of aliphatic imine (C=N–C) groups is 1. The van der Waals surface area contributed by atoms with Gasteiger partial charge in [-0.15, -0.1) is 0 Å². The normalized spacial score (nSPS) is 11.5. The molecule has 0 aliphatic heterocycles. The molecule has 0 radical (unpaired) electrons. The number of carbonyl (C=O) groups is 1. The van der Waals surface area contributed by atoms with E-state index < -0.39 is 5.97 Å². The first-order valence-corrected chi connectivity index (χ1v) is 12.4. The third kappa shape index (κ3) is 4.46. The molecule has 0 spiro atoms. The Morgan fingerprint density at radius 1 is 0.974 bits per heavy atom. The predicted octanol–water partition coefficient (Wildman–Crippen LogP) is 5.39. The van der Waals surface area contributed by atoms with Crippen molar-refractivity contribution >= 4 is 38.9 Å². The van der Waals surface area contributed by atoms with Gasteiger partial charge >= 0.3 is 5.97 Å². The van der Waals surface area contributed by atoms with Crippen molar-refractivity contribution in [2.75, 3.05) is 21.3 Å². The van der Waals surface area contributed by atoms with Crippen LogP contribution in [0.1, 0.15) is 22.8 Å². The number of nitrogens with zero attached hydrogens (tertiary/aromatic N) is 3. The number of fused-ring (bicyclic) bond motifs is 1. The first-order valence-electron chi connectivity index (χ1n) is 11.6. The van der Waals surface area contributed by atoms with E-state index in [-0.39, 0.29) is 16.8 Å². The summed E-state index contributed by atoms with van der Waals surface area (Å²) in [6.45, 7) is 1.72. The number of hydrogen-bond acceptors (Lipinski definition) is 8. The van der Waals surface area contributed by atoms with Crippen molar-refractivity contribution in [3.8, 4) is 27.9 Å². The predicted molar refractivity (Wildman–Crippen MR) is 148 cm³/mol. The molecule has 38 heavy (non-hydrogen) atoms. The topological polar surface area (TPSA) is 108 Å². The summed E-state index contributed by atoms with van der Waals surface area (Å²) in [5, 5.41) is 3.74. The number of hydrogen-bond donors (Lipinski definition) is 1. The molecule has 5 rings (SSSR count). The highest BCUT2D eigenvalue weighted by molar-refractivity contribution is 7.20. The van der Waals surface area contributed by atoms with Crippen molar-refractivity contribution < 1.29 is 19.0 Å². The monoisotopic (exact) mass is 528 g/mol. The Bertz CT molecular complexity index is 1700. The standard InChI is InChI=1S/C28H24N4O5S/c1-16(29-20-15-22(36-3)21(35-2)14-18(20)27(34)37-4)24-25(17-10-6-5-7-11-17)31-32(26(24)33)28-30-19-12-8-9-13-23(19)38-28/h5-15,31H,1-4H3. The maximum absolute atomic E-state index is 13.9. The summed E-state index contributed by atoms with van der Waals surface area (Å²) >= 11 is 1.40. The molecule has 0 bridgehead atoms. The number of thiazole rings is 1. The fourth-order valence-corrected chi connectivity index (χ4v) is 5.07. The molecule has 5 aromatic rings. The average Bonchev–Trinajstić information content (AvgIpc) is 3.53. The molecule has 0 amide bonds. The SMILES string of the molecule is COC(=O)c1cc(OC)c(OC)cc1N=C(C)c1c(-c2ccccc2)[nH]n(-c2nc3ccccc3s2)c1=O. The van der Waals surface area contributed by atoms with Gasteiger partial charge in [0, 0.05) is 17.7 Å². The van der Waals surface area contributed by atoms with Gasteiger partial charge in [-0.2, -0.15) is 4.68 Å². The summed E-state index contributed by atoms with van der Waals surface area (Å²) in [5.41, 5.74) is 3.06. The van der Waals surface area contributed by atoms with E-state index in [1.165, 1.54) is 43.4 Å². The van der Waals surface area contributed by atoms with Crippen LogP contribution in [0, 0.1) is 0 Å². The Hall–Kier alpha value is -4.70. The van der Waals surface area contributed by atoms with Crippen molar-refractivity contribution in [3.05, 3.63) is 88.2 Å². The van der Waals surface area contributed by atoms with Crippen molar-refractivity contribution in [1.82, 2.24) is 14.8 Å². The minimum Gasteiger partial charge on any atom is -0.493 e. The van der Waals surface area contributed by atoms with Crippen LogP contribution in [0.3, 0.4) is 0 Å². The maximum atomic E-state index is 13.9. The first-order chi connectivity index (χ1) is 18.4. The van der Waals surface area contributed by atoms with E-state index in [1.807, 2.05) is 54.6 Å². The molecule has 0 unspecified atom stereocenters. The van der Waals surface area contributed by atoms with Crippen LogP contribution in [0.15, 0.2) is 76.5 Å². The molecule has 2 heterocycles. The van der Waals surface area contributed by atoms with E-state index in [0.29, 0.717) is 33.6 Å². The third-order valence-corrected chi connectivity index (χ3v) is 7.01. The smallest absolute Gasteiger partial charge is 0.340 e. The van der Waals surface area contributed by atoms with Gasteiger partial charge in [0.15, 0.2) is 11.5 Å². The number of H-pyrrole nitrogens is 1. The minimum atomic E-state index is -0.596. The van der Waals surface area contributed by atoms with Crippen LogP contribution >= 0.6 is 11.3 Å². The summed E-state index contributed by atoms with van der Waals surface area (Å²) < 4.78 is 18.1. The Labute approximate surface area is 222 Å². The molecular weight excluding hydrogens is 504 g/mol. The zero-order valence-corrected chi connectivity index (χ0v) is 22.0. The Balaban J connectivity index is 1.73. The molecule has 0 saturated heterocycles. The number of aromatic nitrogens is 3. The van der Waals surface area contributed by atoms with Crippen molar-refractivity contribution in [3.63, 3.8) is 0 Å². The molecular formula is C28H24N4O5S. The van der Waals surface area contributed by atoms with E-state index in [9.17, 15) is 9.59 Å². The lowest BCUT2D eigenvalue weighted by Gasteiger charge is -2.12. The quantitative estimate of drug-likeness (QED) is 0.224. The maximum Gasteiger partial charge on any atom is 0.340 e. The van der Waals surface area contributed by atoms with E-state index in [4.69, 9.17) is 19.2 Å². The van der Waals surface area contributed by atoms with Crippen LogP contribution in [0.2, 0.25) is 0 Å². The second kappa shape index (κ2) is 10.3. The highest BCUT2D eigenvalue weighted by Gasteiger charge is 2.23. The lowest BCUT2D eigenvalue weighted by Crippen LogP contribution is -2.19. The molecule has 2 aromatic heterocycles. The van der Waals surface area contributed by atoms with Crippen LogP contribution in [-0.4, -0.2) is 47.8 Å². The number of para-hydroxylation sites is 1. The van der Waals surface area contributed by atoms with Crippen molar-refractivity contribution in [1.29, 1.82) is 0 Å². The van der Waals surface area contributed by atoms with E-state index in [0.717, 1.165) is 15.8 Å². The number of rotatable bonds is 7. The van der Waals surface area contributed by atoms with Gasteiger partial charge in [-0.1, -0.05) is 53.8 Å². The lowest BCUT2D eigenvalue weighted by atomic mass is 10.0. The fourth-order valence-electron chi connectivity index (χ4n) is 4.15. The summed E-state index contributed by atoms with van der Waals surface area (Å²) in [7, 11) is 4.26. The molecule has 0 aliphatic rings. The summed E-state index contributed by atoms with van der Waals surface area (Å²) in [5.74, 6) is 0.145. The number of benzene rings is 3. The van der Waals surface area contributed by atoms with E-state index in [2.05, 4.69) is 10.1 Å². The highest BCUT2D eigenvalue weighted by atomic mass is 32.1. The molecule has 0 fully saturated rings. The Morgan fingerprint density at radius 2 is 1.66 bits per heavy atom. The van der Waals surface area contributed by atoms with Gasteiger partial charge in [-0.05, 0) is 19.1 Å². The second-order valence-electron chi connectivity index (χ2n) is 8.25. The summed E-state index contributed by atoms with van der Waals surface area (Å²) in [6.07, 6.45) is 0. The number of ether oxygens (including phenoxy) is 3. The van der Waals surface area contributed by atoms with E-state index in [1.54, 1.807) is 13.0 Å². The second-order valence-corrected chi connectivity index (χ2v) is 9.25. The molecule has 0 aliphatic carbocycles. The molecule has 192 valence electrons. The molecule has 0 atom stereocenters. The Morgan fingerprint density at radius 3 is 2.34 bits per heavy atom. The number of methoxy groups -OCH3 is 3. The van der Waals surface area contributed by atoms with Gasteiger partial charge in [-0.25, -0.2) is 9.78 Å².